The number of rotatable bonds is 3. The van der Waals surface area contributed by atoms with E-state index in [0.717, 1.165) is 32.8 Å². The molecule has 1 amide bonds. The molecule has 3 aromatic heterocycles. The third kappa shape index (κ3) is 2.84. The number of anilines is 2. The molecule has 0 unspecified atom stereocenters. The van der Waals surface area contributed by atoms with Crippen molar-refractivity contribution in [2.75, 3.05) is 11.1 Å². The maximum absolute atomic E-state index is 12.2. The minimum Gasteiger partial charge on any atom is -0.398 e. The number of nitriles is 1. The van der Waals surface area contributed by atoms with Gasteiger partial charge in [0, 0.05) is 41.5 Å². The Morgan fingerprint density at radius 3 is 2.90 bits per heavy atom. The number of carbonyl (C=O) groups is 1. The summed E-state index contributed by atoms with van der Waals surface area (Å²) >= 11 is 0. The molecule has 0 spiro atoms. The fourth-order valence-corrected chi connectivity index (χ4v) is 3.65. The topological polar surface area (TPSA) is 123 Å². The van der Waals surface area contributed by atoms with E-state index >= 15 is 0 Å². The summed E-state index contributed by atoms with van der Waals surface area (Å²) in [7, 11) is 1.87. The van der Waals surface area contributed by atoms with Crippen LogP contribution in [0.15, 0.2) is 43.0 Å². The lowest BCUT2D eigenvalue weighted by Crippen LogP contribution is -2.15. The van der Waals surface area contributed by atoms with Crippen LogP contribution in [0.25, 0.3) is 32.8 Å². The molecule has 1 saturated carbocycles. The predicted molar refractivity (Wildman–Crippen MR) is 109 cm³/mol. The molecule has 2 atom stereocenters. The van der Waals surface area contributed by atoms with Crippen molar-refractivity contribution in [3.63, 3.8) is 0 Å². The smallest absolute Gasteiger partial charge is 0.230 e. The van der Waals surface area contributed by atoms with Gasteiger partial charge < -0.3 is 11.1 Å². The summed E-state index contributed by atoms with van der Waals surface area (Å²) in [6, 6.07) is 7.82. The number of nitrogens with one attached hydrogen (secondary N) is 1. The first-order chi connectivity index (χ1) is 14.0. The van der Waals surface area contributed by atoms with E-state index in [4.69, 9.17) is 11.0 Å². The number of amides is 1. The first-order valence-electron chi connectivity index (χ1n) is 9.21. The molecule has 8 nitrogen and oxygen atoms in total. The summed E-state index contributed by atoms with van der Waals surface area (Å²) in [6.07, 6.45) is 7.65. The number of nitrogens with zero attached hydrogens (tertiary/aromatic N) is 5. The van der Waals surface area contributed by atoms with Gasteiger partial charge in [0.1, 0.15) is 5.82 Å². The molecular formula is C21H17N7O. The molecule has 1 aliphatic rings. The summed E-state index contributed by atoms with van der Waals surface area (Å²) < 4.78 is 1.78. The van der Waals surface area contributed by atoms with E-state index in [0.29, 0.717) is 17.9 Å². The minimum atomic E-state index is -0.247. The molecule has 1 fully saturated rings. The van der Waals surface area contributed by atoms with E-state index in [2.05, 4.69) is 26.5 Å². The zero-order valence-electron chi connectivity index (χ0n) is 15.6. The summed E-state index contributed by atoms with van der Waals surface area (Å²) in [6.45, 7) is 0. The van der Waals surface area contributed by atoms with Gasteiger partial charge >= 0.3 is 0 Å². The van der Waals surface area contributed by atoms with Crippen LogP contribution in [0.3, 0.4) is 0 Å². The van der Waals surface area contributed by atoms with Gasteiger partial charge in [0.05, 0.1) is 35.8 Å². The van der Waals surface area contributed by atoms with Gasteiger partial charge in [0.15, 0.2) is 0 Å². The van der Waals surface area contributed by atoms with E-state index in [1.807, 2.05) is 25.4 Å². The molecule has 1 aromatic carbocycles. The monoisotopic (exact) mass is 383 g/mol. The number of aryl methyl sites for hydroxylation is 1. The number of hydrogen-bond donors (Lipinski definition) is 2. The van der Waals surface area contributed by atoms with Crippen molar-refractivity contribution in [2.45, 2.75) is 6.42 Å². The summed E-state index contributed by atoms with van der Waals surface area (Å²) in [5.41, 5.74) is 9.65. The second kappa shape index (κ2) is 6.27. The Bertz CT molecular complexity index is 1330. The largest absolute Gasteiger partial charge is 0.398 e. The Kier molecular flexibility index (Phi) is 3.71. The average Bonchev–Trinajstić information content (AvgIpc) is 3.43. The van der Waals surface area contributed by atoms with E-state index in [1.54, 1.807) is 29.3 Å². The molecule has 142 valence electrons. The Morgan fingerprint density at radius 1 is 1.24 bits per heavy atom. The molecule has 4 aromatic rings. The lowest BCUT2D eigenvalue weighted by Gasteiger charge is -2.10. The zero-order valence-corrected chi connectivity index (χ0v) is 15.6. The van der Waals surface area contributed by atoms with Crippen LogP contribution in [0.4, 0.5) is 11.5 Å². The van der Waals surface area contributed by atoms with Gasteiger partial charge in [-0.2, -0.15) is 10.4 Å². The SMILES string of the molecule is Cn1ncc2c(-c3cc(N)c4cnc(NC(=O)[C@@H]5C[C@H]5C#N)cc4c3)cncc21. The second-order valence-corrected chi connectivity index (χ2v) is 7.31. The number of carbonyl (C=O) groups excluding carboxylic acids is 1. The van der Waals surface area contributed by atoms with Crippen LogP contribution in [-0.2, 0) is 11.8 Å². The first-order valence-corrected chi connectivity index (χ1v) is 9.21. The highest BCUT2D eigenvalue weighted by Gasteiger charge is 2.43. The molecular weight excluding hydrogens is 366 g/mol. The van der Waals surface area contributed by atoms with Crippen molar-refractivity contribution >= 4 is 39.1 Å². The van der Waals surface area contributed by atoms with E-state index < -0.39 is 0 Å². The van der Waals surface area contributed by atoms with Crippen LogP contribution in [0.5, 0.6) is 0 Å². The van der Waals surface area contributed by atoms with Crippen LogP contribution in [-0.4, -0.2) is 25.7 Å². The Balaban J connectivity index is 1.56. The number of hydrogen-bond acceptors (Lipinski definition) is 6. The molecule has 0 aliphatic heterocycles. The van der Waals surface area contributed by atoms with Gasteiger partial charge in [-0.05, 0) is 35.6 Å². The molecule has 8 heteroatoms. The molecule has 29 heavy (non-hydrogen) atoms. The van der Waals surface area contributed by atoms with Crippen LogP contribution >= 0.6 is 0 Å². The third-order valence-electron chi connectivity index (χ3n) is 5.40. The van der Waals surface area contributed by atoms with Crippen molar-refractivity contribution in [3.8, 4) is 17.2 Å². The van der Waals surface area contributed by atoms with E-state index in [1.165, 1.54) is 0 Å². The summed E-state index contributed by atoms with van der Waals surface area (Å²) in [5, 5.41) is 18.7. The second-order valence-electron chi connectivity index (χ2n) is 7.31. The molecule has 0 radical (unpaired) electrons. The Morgan fingerprint density at radius 2 is 2.10 bits per heavy atom. The van der Waals surface area contributed by atoms with Gasteiger partial charge in [-0.1, -0.05) is 0 Å². The fraction of sp³-hybridized carbons (Fsp3) is 0.190. The van der Waals surface area contributed by atoms with Crippen molar-refractivity contribution in [1.82, 2.24) is 19.7 Å². The van der Waals surface area contributed by atoms with Crippen LogP contribution in [0.1, 0.15) is 6.42 Å². The third-order valence-corrected chi connectivity index (χ3v) is 5.40. The molecule has 3 heterocycles. The van der Waals surface area contributed by atoms with E-state index in [-0.39, 0.29) is 17.7 Å². The van der Waals surface area contributed by atoms with Crippen molar-refractivity contribution in [3.05, 3.63) is 43.0 Å². The van der Waals surface area contributed by atoms with Crippen LogP contribution in [0.2, 0.25) is 0 Å². The maximum Gasteiger partial charge on any atom is 0.230 e. The Hall–Kier alpha value is -3.99. The molecule has 1 aliphatic carbocycles. The summed E-state index contributed by atoms with van der Waals surface area (Å²) in [5.74, 6) is -0.162. The van der Waals surface area contributed by atoms with Crippen LogP contribution in [0, 0.1) is 23.2 Å². The first kappa shape index (κ1) is 17.1. The highest BCUT2D eigenvalue weighted by Crippen LogP contribution is 2.39. The number of nitrogen functional groups attached to an aromatic ring is 1. The average molecular weight is 383 g/mol. The summed E-state index contributed by atoms with van der Waals surface area (Å²) in [4.78, 5) is 20.9. The standard InChI is InChI=1S/C21H17N7O/c1-28-19-10-24-7-15(17(19)9-26-28)11-2-12-5-20(25-8-16(12)18(23)4-11)27-21(29)14-3-13(14)6-22/h2,4-5,7-10,13-14H,3,23H2,1H3,(H,25,27,29)/t13-,14+/m0/s1. The van der Waals surface area contributed by atoms with Crippen molar-refractivity contribution in [2.24, 2.45) is 18.9 Å². The van der Waals surface area contributed by atoms with Gasteiger partial charge in [0.25, 0.3) is 0 Å². The van der Waals surface area contributed by atoms with Crippen LogP contribution < -0.4 is 11.1 Å². The molecule has 3 N–H and O–H groups in total. The van der Waals surface area contributed by atoms with Gasteiger partial charge in [-0.3, -0.25) is 14.5 Å². The van der Waals surface area contributed by atoms with Gasteiger partial charge in [-0.15, -0.1) is 0 Å². The van der Waals surface area contributed by atoms with Gasteiger partial charge in [-0.25, -0.2) is 4.98 Å². The number of fused-ring (bicyclic) bond motifs is 2. The van der Waals surface area contributed by atoms with Crippen molar-refractivity contribution in [1.29, 1.82) is 5.26 Å². The number of pyridine rings is 2. The fourth-order valence-electron chi connectivity index (χ4n) is 3.65. The predicted octanol–water partition coefficient (Wildman–Crippen LogP) is 2.86. The quantitative estimate of drug-likeness (QED) is 0.525. The molecule has 5 rings (SSSR count). The normalized spacial score (nSPS) is 17.9. The van der Waals surface area contributed by atoms with E-state index in [9.17, 15) is 4.79 Å². The molecule has 0 saturated heterocycles. The lowest BCUT2D eigenvalue weighted by molar-refractivity contribution is -0.117. The zero-order chi connectivity index (χ0) is 20.1. The Labute approximate surface area is 166 Å². The highest BCUT2D eigenvalue weighted by molar-refractivity contribution is 6.02. The van der Waals surface area contributed by atoms with Crippen molar-refractivity contribution < 1.29 is 4.79 Å². The highest BCUT2D eigenvalue weighted by atomic mass is 16.2. The lowest BCUT2D eigenvalue weighted by atomic mass is 10.00. The minimum absolute atomic E-state index is 0.170. The number of aromatic nitrogens is 4. The molecule has 0 bridgehead atoms. The number of nitrogens with two attached hydrogens (primary N) is 1. The maximum atomic E-state index is 12.2. The van der Waals surface area contributed by atoms with Gasteiger partial charge in [0.2, 0.25) is 5.91 Å². The number of benzene rings is 1.